The minimum Gasteiger partial charge on any atom is -0.388 e. The predicted molar refractivity (Wildman–Crippen MR) is 81.1 cm³/mol. The number of rotatable bonds is 6. The number of hydrogen-bond donors (Lipinski definition) is 2. The molecule has 3 nitrogen and oxygen atoms in total. The number of amides is 1. The molecule has 1 unspecified atom stereocenters. The summed E-state index contributed by atoms with van der Waals surface area (Å²) in [5, 5.41) is 12.8. The number of hydrogen-bond acceptors (Lipinski definition) is 2. The van der Waals surface area contributed by atoms with Crippen molar-refractivity contribution in [3.63, 3.8) is 0 Å². The molecule has 1 rings (SSSR count). The molecule has 1 atom stereocenters. The third-order valence-electron chi connectivity index (χ3n) is 3.08. The summed E-state index contributed by atoms with van der Waals surface area (Å²) in [5.41, 5.74) is -1.02. The number of aliphatic hydroxyl groups is 1. The number of carbonyl (C=O) groups is 1. The zero-order valence-electron chi connectivity index (χ0n) is 12.0. The van der Waals surface area contributed by atoms with E-state index >= 15 is 0 Å². The van der Waals surface area contributed by atoms with E-state index in [0.717, 1.165) is 6.42 Å². The summed E-state index contributed by atoms with van der Waals surface area (Å²) in [4.78, 5) is 12.0. The molecule has 2 N–H and O–H groups in total. The lowest BCUT2D eigenvalue weighted by atomic mass is 9.95. The zero-order chi connectivity index (χ0) is 15.3. The average molecular weight is 346 g/mol. The van der Waals surface area contributed by atoms with Gasteiger partial charge in [-0.2, -0.15) is 0 Å². The van der Waals surface area contributed by atoms with E-state index in [9.17, 15) is 14.3 Å². The van der Waals surface area contributed by atoms with Crippen LogP contribution >= 0.6 is 15.9 Å². The van der Waals surface area contributed by atoms with Crippen molar-refractivity contribution in [2.24, 2.45) is 5.92 Å². The third-order valence-corrected chi connectivity index (χ3v) is 3.74. The Bertz CT molecular complexity index is 455. The first-order chi connectivity index (χ1) is 9.23. The summed E-state index contributed by atoms with van der Waals surface area (Å²) >= 11 is 3.15. The second-order valence-electron chi connectivity index (χ2n) is 5.71. The van der Waals surface area contributed by atoms with Crippen LogP contribution in [-0.2, 0) is 0 Å². The summed E-state index contributed by atoms with van der Waals surface area (Å²) in [7, 11) is 0. The van der Waals surface area contributed by atoms with Crippen molar-refractivity contribution >= 4 is 21.8 Å². The maximum atomic E-state index is 13.6. The Kier molecular flexibility index (Phi) is 6.14. The van der Waals surface area contributed by atoms with Gasteiger partial charge in [0.15, 0.2) is 0 Å². The number of nitrogens with one attached hydrogen (secondary N) is 1. The molecule has 1 aromatic carbocycles. The van der Waals surface area contributed by atoms with Crippen LogP contribution in [0.1, 0.15) is 44.0 Å². The molecule has 0 saturated carbocycles. The van der Waals surface area contributed by atoms with E-state index in [-0.39, 0.29) is 12.1 Å². The highest BCUT2D eigenvalue weighted by molar-refractivity contribution is 9.10. The van der Waals surface area contributed by atoms with Crippen LogP contribution in [0.15, 0.2) is 22.7 Å². The Morgan fingerprint density at radius 2 is 2.15 bits per heavy atom. The van der Waals surface area contributed by atoms with Crippen LogP contribution in [-0.4, -0.2) is 23.2 Å². The molecule has 0 radical (unpaired) electrons. The Balaban J connectivity index is 2.63. The number of benzene rings is 1. The lowest BCUT2D eigenvalue weighted by Gasteiger charge is -2.24. The molecular weight excluding hydrogens is 325 g/mol. The van der Waals surface area contributed by atoms with E-state index in [1.165, 1.54) is 12.1 Å². The number of carbonyl (C=O) groups excluding carboxylic acids is 1. The SMILES string of the molecule is CC(C)CCC(C)(O)CNC(=O)c1c(F)cccc1Br. The standard InChI is InChI=1S/C15H21BrFNO2/c1-10(2)7-8-15(3,20)9-18-14(19)13-11(16)5-4-6-12(13)17/h4-6,10,20H,7-9H2,1-3H3,(H,18,19). The van der Waals surface area contributed by atoms with E-state index in [0.29, 0.717) is 16.8 Å². The quantitative estimate of drug-likeness (QED) is 0.828. The molecular formula is C15H21BrFNO2. The molecule has 0 bridgehead atoms. The molecule has 0 aromatic heterocycles. The van der Waals surface area contributed by atoms with Crippen molar-refractivity contribution in [3.05, 3.63) is 34.1 Å². The molecule has 0 spiro atoms. The Morgan fingerprint density at radius 1 is 1.50 bits per heavy atom. The highest BCUT2D eigenvalue weighted by Gasteiger charge is 2.23. The van der Waals surface area contributed by atoms with Gasteiger partial charge in [-0.15, -0.1) is 0 Å². The van der Waals surface area contributed by atoms with Crippen LogP contribution in [0.25, 0.3) is 0 Å². The lowest BCUT2D eigenvalue weighted by Crippen LogP contribution is -2.41. The second kappa shape index (κ2) is 7.18. The second-order valence-corrected chi connectivity index (χ2v) is 6.56. The molecule has 0 heterocycles. The van der Waals surface area contributed by atoms with Gasteiger partial charge in [-0.05, 0) is 53.7 Å². The molecule has 112 valence electrons. The molecule has 0 aliphatic rings. The van der Waals surface area contributed by atoms with Gasteiger partial charge in [0.05, 0.1) is 11.2 Å². The van der Waals surface area contributed by atoms with Gasteiger partial charge in [0, 0.05) is 11.0 Å². The number of halogens is 2. The van der Waals surface area contributed by atoms with Gasteiger partial charge in [0.1, 0.15) is 5.82 Å². The lowest BCUT2D eigenvalue weighted by molar-refractivity contribution is 0.0428. The van der Waals surface area contributed by atoms with Crippen LogP contribution in [0.5, 0.6) is 0 Å². The van der Waals surface area contributed by atoms with Crippen LogP contribution in [0.4, 0.5) is 4.39 Å². The molecule has 1 amide bonds. The Labute approximate surface area is 127 Å². The van der Waals surface area contributed by atoms with Crippen LogP contribution in [0, 0.1) is 11.7 Å². The van der Waals surface area contributed by atoms with Gasteiger partial charge in [0.2, 0.25) is 0 Å². The van der Waals surface area contributed by atoms with Crippen molar-refractivity contribution < 1.29 is 14.3 Å². The maximum absolute atomic E-state index is 13.6. The van der Waals surface area contributed by atoms with Crippen LogP contribution in [0.2, 0.25) is 0 Å². The van der Waals surface area contributed by atoms with Crippen molar-refractivity contribution in [2.75, 3.05) is 6.54 Å². The van der Waals surface area contributed by atoms with Crippen molar-refractivity contribution in [1.29, 1.82) is 0 Å². The summed E-state index contributed by atoms with van der Waals surface area (Å²) in [6.45, 7) is 5.92. The van der Waals surface area contributed by atoms with Crippen molar-refractivity contribution in [3.8, 4) is 0 Å². The van der Waals surface area contributed by atoms with E-state index in [1.807, 2.05) is 0 Å². The first kappa shape index (κ1) is 17.1. The minimum absolute atomic E-state index is 0.0350. The first-order valence-electron chi connectivity index (χ1n) is 6.67. The van der Waals surface area contributed by atoms with E-state index in [1.54, 1.807) is 13.0 Å². The van der Waals surface area contributed by atoms with Gasteiger partial charge in [0.25, 0.3) is 5.91 Å². The Morgan fingerprint density at radius 3 is 2.70 bits per heavy atom. The summed E-state index contributed by atoms with van der Waals surface area (Å²) < 4.78 is 14.0. The van der Waals surface area contributed by atoms with Gasteiger partial charge >= 0.3 is 0 Å². The highest BCUT2D eigenvalue weighted by Crippen LogP contribution is 2.20. The topological polar surface area (TPSA) is 49.3 Å². The minimum atomic E-state index is -0.988. The van der Waals surface area contributed by atoms with E-state index in [4.69, 9.17) is 0 Å². The molecule has 0 aliphatic heterocycles. The zero-order valence-corrected chi connectivity index (χ0v) is 13.6. The van der Waals surface area contributed by atoms with Crippen molar-refractivity contribution in [1.82, 2.24) is 5.32 Å². The monoisotopic (exact) mass is 345 g/mol. The summed E-state index contributed by atoms with van der Waals surface area (Å²) in [6, 6.07) is 4.36. The van der Waals surface area contributed by atoms with E-state index in [2.05, 4.69) is 35.1 Å². The predicted octanol–water partition coefficient (Wildman–Crippen LogP) is 3.51. The molecule has 20 heavy (non-hydrogen) atoms. The molecule has 0 fully saturated rings. The van der Waals surface area contributed by atoms with Crippen LogP contribution < -0.4 is 5.32 Å². The van der Waals surface area contributed by atoms with Crippen LogP contribution in [0.3, 0.4) is 0 Å². The highest BCUT2D eigenvalue weighted by atomic mass is 79.9. The fraction of sp³-hybridized carbons (Fsp3) is 0.533. The van der Waals surface area contributed by atoms with Gasteiger partial charge in [-0.3, -0.25) is 4.79 Å². The van der Waals surface area contributed by atoms with Gasteiger partial charge < -0.3 is 10.4 Å². The fourth-order valence-electron chi connectivity index (χ4n) is 1.76. The molecule has 1 aromatic rings. The van der Waals surface area contributed by atoms with E-state index < -0.39 is 17.3 Å². The first-order valence-corrected chi connectivity index (χ1v) is 7.47. The molecule has 5 heteroatoms. The fourth-order valence-corrected chi connectivity index (χ4v) is 2.28. The summed E-state index contributed by atoms with van der Waals surface area (Å²) in [5.74, 6) is -0.628. The smallest absolute Gasteiger partial charge is 0.255 e. The molecule has 0 aliphatic carbocycles. The molecule has 0 saturated heterocycles. The third kappa shape index (κ3) is 5.21. The Hall–Kier alpha value is -0.940. The van der Waals surface area contributed by atoms with Gasteiger partial charge in [-0.25, -0.2) is 4.39 Å². The van der Waals surface area contributed by atoms with Gasteiger partial charge in [-0.1, -0.05) is 19.9 Å². The van der Waals surface area contributed by atoms with Crippen molar-refractivity contribution in [2.45, 2.75) is 39.2 Å². The maximum Gasteiger partial charge on any atom is 0.255 e. The normalized spacial score (nSPS) is 14.2. The average Bonchev–Trinajstić information content (AvgIpc) is 2.34. The largest absolute Gasteiger partial charge is 0.388 e. The summed E-state index contributed by atoms with van der Waals surface area (Å²) in [6.07, 6.45) is 1.45.